The van der Waals surface area contributed by atoms with Crippen LogP contribution < -0.4 is 0 Å². The first-order valence-corrected chi connectivity index (χ1v) is 6.18. The summed E-state index contributed by atoms with van der Waals surface area (Å²) in [5, 5.41) is 8.68. The predicted molar refractivity (Wildman–Crippen MR) is 68.8 cm³/mol. The quantitative estimate of drug-likeness (QED) is 0.804. The number of aromatic nitrogens is 2. The fraction of sp³-hybridized carbons (Fsp3) is 0.267. The Hall–Kier alpha value is -2.21. The van der Waals surface area contributed by atoms with Crippen molar-refractivity contribution in [2.75, 3.05) is 0 Å². The number of hydrogen-bond donors (Lipinski definition) is 0. The number of nitriles is 1. The third-order valence-corrected chi connectivity index (χ3v) is 3.34. The minimum atomic E-state index is 0.263. The Labute approximate surface area is 106 Å². The van der Waals surface area contributed by atoms with Gasteiger partial charge in [-0.2, -0.15) is 5.26 Å². The Morgan fingerprint density at radius 1 is 1.17 bits per heavy atom. The van der Waals surface area contributed by atoms with E-state index in [0.29, 0.717) is 5.82 Å². The van der Waals surface area contributed by atoms with Gasteiger partial charge >= 0.3 is 0 Å². The van der Waals surface area contributed by atoms with Crippen LogP contribution in [-0.4, -0.2) is 9.97 Å². The molecule has 2 aromatic rings. The van der Waals surface area contributed by atoms with Crippen molar-refractivity contribution in [3.63, 3.8) is 0 Å². The van der Waals surface area contributed by atoms with Crippen LogP contribution in [0.25, 0.3) is 11.3 Å². The van der Waals surface area contributed by atoms with Gasteiger partial charge in [-0.25, -0.2) is 9.97 Å². The molecule has 0 N–H and O–H groups in total. The molecule has 1 aliphatic carbocycles. The lowest BCUT2D eigenvalue weighted by molar-refractivity contribution is 0.912. The Morgan fingerprint density at radius 2 is 2.06 bits per heavy atom. The van der Waals surface area contributed by atoms with E-state index in [9.17, 15) is 0 Å². The molecule has 3 nitrogen and oxygen atoms in total. The summed E-state index contributed by atoms with van der Waals surface area (Å²) in [6, 6.07) is 10.5. The van der Waals surface area contributed by atoms with Crippen molar-refractivity contribution in [3.8, 4) is 17.3 Å². The highest BCUT2D eigenvalue weighted by Gasteiger charge is 2.12. The Kier molecular flexibility index (Phi) is 2.77. The number of benzene rings is 1. The van der Waals surface area contributed by atoms with E-state index in [1.807, 2.05) is 6.07 Å². The first-order chi connectivity index (χ1) is 8.86. The summed E-state index contributed by atoms with van der Waals surface area (Å²) in [6.07, 6.45) is 5.60. The Morgan fingerprint density at radius 3 is 2.94 bits per heavy atom. The first-order valence-electron chi connectivity index (χ1n) is 6.18. The van der Waals surface area contributed by atoms with Crippen LogP contribution in [-0.2, 0) is 19.3 Å². The number of nitrogens with zero attached hydrogens (tertiary/aromatic N) is 3. The maximum atomic E-state index is 8.68. The SMILES string of the molecule is N#CCc1nccc(-c2ccc3c(c2)CCC3)n1. The van der Waals surface area contributed by atoms with Gasteiger partial charge in [0, 0.05) is 11.8 Å². The van der Waals surface area contributed by atoms with Crippen LogP contribution in [0.2, 0.25) is 0 Å². The van der Waals surface area contributed by atoms with E-state index < -0.39 is 0 Å². The molecule has 0 saturated heterocycles. The maximum Gasteiger partial charge on any atom is 0.142 e. The zero-order chi connectivity index (χ0) is 12.4. The van der Waals surface area contributed by atoms with E-state index in [4.69, 9.17) is 5.26 Å². The lowest BCUT2D eigenvalue weighted by atomic mass is 10.0. The van der Waals surface area contributed by atoms with Gasteiger partial charge in [-0.15, -0.1) is 0 Å². The van der Waals surface area contributed by atoms with E-state index >= 15 is 0 Å². The van der Waals surface area contributed by atoms with Crippen molar-refractivity contribution in [1.29, 1.82) is 5.26 Å². The monoisotopic (exact) mass is 235 g/mol. The molecule has 1 aromatic carbocycles. The molecule has 1 heterocycles. The van der Waals surface area contributed by atoms with E-state index in [0.717, 1.165) is 11.3 Å². The molecule has 88 valence electrons. The summed E-state index contributed by atoms with van der Waals surface area (Å²) < 4.78 is 0. The summed E-state index contributed by atoms with van der Waals surface area (Å²) in [7, 11) is 0. The molecule has 0 unspecified atom stereocenters. The van der Waals surface area contributed by atoms with Crippen molar-refractivity contribution < 1.29 is 0 Å². The van der Waals surface area contributed by atoms with Gasteiger partial charge in [-0.05, 0) is 42.5 Å². The largest absolute Gasteiger partial charge is 0.240 e. The second kappa shape index (κ2) is 4.58. The predicted octanol–water partition coefficient (Wildman–Crippen LogP) is 2.70. The minimum absolute atomic E-state index is 0.263. The molecular formula is C15H13N3. The average molecular weight is 235 g/mol. The zero-order valence-electron chi connectivity index (χ0n) is 10.1. The second-order valence-electron chi connectivity index (χ2n) is 4.53. The molecule has 18 heavy (non-hydrogen) atoms. The van der Waals surface area contributed by atoms with E-state index in [-0.39, 0.29) is 6.42 Å². The van der Waals surface area contributed by atoms with Gasteiger partial charge in [0.1, 0.15) is 5.82 Å². The Balaban J connectivity index is 1.99. The molecule has 0 fully saturated rings. The second-order valence-corrected chi connectivity index (χ2v) is 4.53. The topological polar surface area (TPSA) is 49.6 Å². The van der Waals surface area contributed by atoms with E-state index in [1.54, 1.807) is 6.20 Å². The van der Waals surface area contributed by atoms with Crippen LogP contribution in [0.3, 0.4) is 0 Å². The number of rotatable bonds is 2. The third kappa shape index (κ3) is 1.98. The number of hydrogen-bond acceptors (Lipinski definition) is 3. The summed E-state index contributed by atoms with van der Waals surface area (Å²) in [5.74, 6) is 0.593. The lowest BCUT2D eigenvalue weighted by Crippen LogP contribution is -1.95. The fourth-order valence-corrected chi connectivity index (χ4v) is 2.45. The first kappa shape index (κ1) is 10.9. The molecule has 0 bridgehead atoms. The zero-order valence-corrected chi connectivity index (χ0v) is 10.1. The van der Waals surface area contributed by atoms with Gasteiger partial charge in [0.25, 0.3) is 0 Å². The molecule has 0 atom stereocenters. The van der Waals surface area contributed by atoms with Crippen LogP contribution in [0.4, 0.5) is 0 Å². The van der Waals surface area contributed by atoms with Crippen molar-refractivity contribution in [2.45, 2.75) is 25.7 Å². The van der Waals surface area contributed by atoms with Crippen molar-refractivity contribution >= 4 is 0 Å². The summed E-state index contributed by atoms with van der Waals surface area (Å²) >= 11 is 0. The van der Waals surface area contributed by atoms with Crippen LogP contribution in [0.15, 0.2) is 30.5 Å². The van der Waals surface area contributed by atoms with Gasteiger partial charge < -0.3 is 0 Å². The van der Waals surface area contributed by atoms with Crippen LogP contribution >= 0.6 is 0 Å². The summed E-state index contributed by atoms with van der Waals surface area (Å²) in [6.45, 7) is 0. The molecule has 0 amide bonds. The van der Waals surface area contributed by atoms with Gasteiger partial charge in [0.15, 0.2) is 0 Å². The molecule has 0 saturated carbocycles. The molecule has 3 heteroatoms. The fourth-order valence-electron chi connectivity index (χ4n) is 2.45. The molecule has 0 aliphatic heterocycles. The van der Waals surface area contributed by atoms with Crippen molar-refractivity contribution in [1.82, 2.24) is 9.97 Å². The number of aryl methyl sites for hydroxylation is 2. The highest BCUT2D eigenvalue weighted by molar-refractivity contribution is 5.61. The van der Waals surface area contributed by atoms with Gasteiger partial charge in [-0.1, -0.05) is 12.1 Å². The van der Waals surface area contributed by atoms with Crippen molar-refractivity contribution in [2.24, 2.45) is 0 Å². The smallest absolute Gasteiger partial charge is 0.142 e. The highest BCUT2D eigenvalue weighted by Crippen LogP contribution is 2.27. The molecule has 3 rings (SSSR count). The molecule has 1 aliphatic rings. The highest BCUT2D eigenvalue weighted by atomic mass is 14.9. The van der Waals surface area contributed by atoms with Crippen LogP contribution in [0, 0.1) is 11.3 Å². The maximum absolute atomic E-state index is 8.68. The molecule has 0 radical (unpaired) electrons. The normalized spacial score (nSPS) is 13.1. The minimum Gasteiger partial charge on any atom is -0.240 e. The van der Waals surface area contributed by atoms with Crippen LogP contribution in [0.1, 0.15) is 23.4 Å². The molecule has 1 aromatic heterocycles. The summed E-state index contributed by atoms with van der Waals surface area (Å²) in [4.78, 5) is 8.52. The van der Waals surface area contributed by atoms with E-state index in [1.165, 1.54) is 30.4 Å². The Bertz CT molecular complexity index is 626. The third-order valence-electron chi connectivity index (χ3n) is 3.34. The molecule has 0 spiro atoms. The number of fused-ring (bicyclic) bond motifs is 1. The van der Waals surface area contributed by atoms with E-state index in [2.05, 4.69) is 34.2 Å². The lowest BCUT2D eigenvalue weighted by Gasteiger charge is -2.05. The van der Waals surface area contributed by atoms with Gasteiger partial charge in [0.2, 0.25) is 0 Å². The summed E-state index contributed by atoms with van der Waals surface area (Å²) in [5.41, 5.74) is 4.93. The van der Waals surface area contributed by atoms with Crippen LogP contribution in [0.5, 0.6) is 0 Å². The van der Waals surface area contributed by atoms with Crippen molar-refractivity contribution in [3.05, 3.63) is 47.4 Å². The van der Waals surface area contributed by atoms with Gasteiger partial charge in [0.05, 0.1) is 18.2 Å². The van der Waals surface area contributed by atoms with Gasteiger partial charge in [-0.3, -0.25) is 0 Å². The standard InChI is InChI=1S/C15H13N3/c16-8-6-15-17-9-7-14(18-15)13-5-4-11-2-1-3-12(11)10-13/h4-5,7,9-10H,1-3,6H2. The molecular weight excluding hydrogens is 222 g/mol. The average Bonchev–Trinajstić information content (AvgIpc) is 2.86.